The molecule has 0 atom stereocenters. The molecule has 1 aliphatic heterocycles. The zero-order chi connectivity index (χ0) is 10.0. The minimum absolute atomic E-state index is 0.476. The Morgan fingerprint density at radius 2 is 1.86 bits per heavy atom. The van der Waals surface area contributed by atoms with Crippen molar-refractivity contribution in [2.24, 2.45) is 0 Å². The minimum Gasteiger partial charge on any atom is -0.379 e. The average Bonchev–Trinajstić information content (AvgIpc) is 2.59. The summed E-state index contributed by atoms with van der Waals surface area (Å²) in [6, 6.07) is 8.69. The average molecular weight is 189 g/mol. The summed E-state index contributed by atoms with van der Waals surface area (Å²) >= 11 is 0. The Balaban J connectivity index is 0.000000354. The molecule has 1 heteroatoms. The molecular formula is C13H19N. The summed E-state index contributed by atoms with van der Waals surface area (Å²) in [6.45, 7) is 4.00. The molecule has 76 valence electrons. The van der Waals surface area contributed by atoms with Gasteiger partial charge in [-0.05, 0) is 37.3 Å². The molecule has 0 aromatic heterocycles. The number of rotatable bonds is 0. The molecular weight excluding hydrogens is 170 g/mol. The van der Waals surface area contributed by atoms with Crippen molar-refractivity contribution in [2.45, 2.75) is 45.1 Å². The molecule has 1 spiro atoms. The quantitative estimate of drug-likeness (QED) is 0.657. The van der Waals surface area contributed by atoms with Crippen molar-refractivity contribution in [1.29, 1.82) is 0 Å². The van der Waals surface area contributed by atoms with Crippen LogP contribution in [0.2, 0.25) is 0 Å². The van der Waals surface area contributed by atoms with E-state index >= 15 is 0 Å². The summed E-state index contributed by atoms with van der Waals surface area (Å²) < 4.78 is 0. The molecule has 0 amide bonds. The maximum atomic E-state index is 3.65. The zero-order valence-corrected chi connectivity index (χ0v) is 9.14. The van der Waals surface area contributed by atoms with Gasteiger partial charge in [0.25, 0.3) is 0 Å². The van der Waals surface area contributed by atoms with Crippen molar-refractivity contribution in [3.05, 3.63) is 29.8 Å². The Morgan fingerprint density at radius 3 is 2.43 bits per heavy atom. The first-order valence-electron chi connectivity index (χ1n) is 5.74. The molecule has 0 radical (unpaired) electrons. The van der Waals surface area contributed by atoms with Gasteiger partial charge in [-0.25, -0.2) is 0 Å². The lowest BCUT2D eigenvalue weighted by molar-refractivity contribution is 0.288. The van der Waals surface area contributed by atoms with Crippen LogP contribution < -0.4 is 5.32 Å². The van der Waals surface area contributed by atoms with Crippen molar-refractivity contribution in [3.63, 3.8) is 0 Å². The van der Waals surface area contributed by atoms with Crippen molar-refractivity contribution in [2.75, 3.05) is 5.32 Å². The summed E-state index contributed by atoms with van der Waals surface area (Å²) in [5.41, 5.74) is 3.36. The zero-order valence-electron chi connectivity index (χ0n) is 9.14. The number of benzene rings is 1. The number of hydrogen-bond donors (Lipinski definition) is 1. The lowest BCUT2D eigenvalue weighted by atomic mass is 9.75. The fourth-order valence-corrected chi connectivity index (χ4v) is 2.40. The van der Waals surface area contributed by atoms with Crippen molar-refractivity contribution in [3.8, 4) is 0 Å². The third-order valence-corrected chi connectivity index (χ3v) is 3.26. The van der Waals surface area contributed by atoms with Crippen LogP contribution in [-0.4, -0.2) is 5.54 Å². The van der Waals surface area contributed by atoms with Crippen LogP contribution in [0.25, 0.3) is 0 Å². The molecule has 1 aromatic carbocycles. The molecule has 1 N–H and O–H groups in total. The van der Waals surface area contributed by atoms with Crippen LogP contribution in [-0.2, 0) is 6.42 Å². The predicted octanol–water partition coefficient (Wildman–Crippen LogP) is 3.60. The fraction of sp³-hybridized carbons (Fsp3) is 0.538. The van der Waals surface area contributed by atoms with Crippen LogP contribution in [0.5, 0.6) is 0 Å². The molecule has 1 fully saturated rings. The van der Waals surface area contributed by atoms with E-state index in [1.54, 1.807) is 0 Å². The van der Waals surface area contributed by atoms with Crippen LogP contribution in [0.1, 0.15) is 38.7 Å². The first-order chi connectivity index (χ1) is 6.88. The summed E-state index contributed by atoms with van der Waals surface area (Å²) in [5.74, 6) is 0. The SMILES string of the molecule is CC.c1ccc2c(c1)CC1(CCC1)N2. The van der Waals surface area contributed by atoms with Crippen LogP contribution in [0.4, 0.5) is 5.69 Å². The van der Waals surface area contributed by atoms with Gasteiger partial charge < -0.3 is 5.32 Å². The largest absolute Gasteiger partial charge is 0.379 e. The van der Waals surface area contributed by atoms with Gasteiger partial charge in [-0.1, -0.05) is 32.0 Å². The van der Waals surface area contributed by atoms with Crippen molar-refractivity contribution >= 4 is 5.69 Å². The van der Waals surface area contributed by atoms with Crippen LogP contribution in [0, 0.1) is 0 Å². The molecule has 1 aliphatic carbocycles. The van der Waals surface area contributed by atoms with E-state index in [0.29, 0.717) is 5.54 Å². The minimum atomic E-state index is 0.476. The molecule has 0 unspecified atom stereocenters. The Bertz CT molecular complexity index is 286. The Morgan fingerprint density at radius 1 is 1.14 bits per heavy atom. The second-order valence-electron chi connectivity index (χ2n) is 4.09. The van der Waals surface area contributed by atoms with Gasteiger partial charge in [0.15, 0.2) is 0 Å². The first kappa shape index (κ1) is 9.57. The second kappa shape index (κ2) is 3.64. The van der Waals surface area contributed by atoms with E-state index in [4.69, 9.17) is 0 Å². The third kappa shape index (κ3) is 1.41. The van der Waals surface area contributed by atoms with E-state index in [0.717, 1.165) is 0 Å². The van der Waals surface area contributed by atoms with Gasteiger partial charge in [-0.2, -0.15) is 0 Å². The lowest BCUT2D eigenvalue weighted by Gasteiger charge is -2.38. The van der Waals surface area contributed by atoms with Gasteiger partial charge in [-0.3, -0.25) is 0 Å². The number of fused-ring (bicyclic) bond motifs is 1. The molecule has 2 aliphatic rings. The highest BCUT2D eigenvalue weighted by Crippen LogP contribution is 2.44. The van der Waals surface area contributed by atoms with E-state index in [2.05, 4.69) is 29.6 Å². The monoisotopic (exact) mass is 189 g/mol. The van der Waals surface area contributed by atoms with Crippen LogP contribution in [0.3, 0.4) is 0 Å². The van der Waals surface area contributed by atoms with E-state index in [1.165, 1.54) is 36.9 Å². The molecule has 0 saturated heterocycles. The summed E-state index contributed by atoms with van der Waals surface area (Å²) in [6.07, 6.45) is 5.38. The normalized spacial score (nSPS) is 20.1. The number of hydrogen-bond acceptors (Lipinski definition) is 1. The number of anilines is 1. The molecule has 1 saturated carbocycles. The summed E-state index contributed by atoms with van der Waals surface area (Å²) in [4.78, 5) is 0. The number of para-hydroxylation sites is 1. The lowest BCUT2D eigenvalue weighted by Crippen LogP contribution is -2.43. The molecule has 1 nitrogen and oxygen atoms in total. The molecule has 0 bridgehead atoms. The van der Waals surface area contributed by atoms with Gasteiger partial charge in [0, 0.05) is 11.2 Å². The summed E-state index contributed by atoms with van der Waals surface area (Å²) in [5, 5.41) is 3.65. The molecule has 14 heavy (non-hydrogen) atoms. The van der Waals surface area contributed by atoms with E-state index in [9.17, 15) is 0 Å². The fourth-order valence-electron chi connectivity index (χ4n) is 2.40. The van der Waals surface area contributed by atoms with Crippen molar-refractivity contribution in [1.82, 2.24) is 0 Å². The van der Waals surface area contributed by atoms with Gasteiger partial charge in [0.05, 0.1) is 0 Å². The topological polar surface area (TPSA) is 12.0 Å². The maximum Gasteiger partial charge on any atom is 0.0414 e. The standard InChI is InChI=1S/C11H13N.C2H6/c1-2-5-10-9(4-1)8-11(12-10)6-3-7-11;1-2/h1-2,4-5,12H,3,6-8H2;1-2H3. The number of nitrogens with one attached hydrogen (secondary N) is 1. The smallest absolute Gasteiger partial charge is 0.0414 e. The highest BCUT2D eigenvalue weighted by atomic mass is 15.0. The predicted molar refractivity (Wildman–Crippen MR) is 61.7 cm³/mol. The Hall–Kier alpha value is -0.980. The van der Waals surface area contributed by atoms with Crippen LogP contribution >= 0.6 is 0 Å². The van der Waals surface area contributed by atoms with E-state index in [1.807, 2.05) is 13.8 Å². The van der Waals surface area contributed by atoms with E-state index < -0.39 is 0 Å². The molecule has 3 rings (SSSR count). The first-order valence-corrected chi connectivity index (χ1v) is 5.74. The Labute approximate surface area is 86.5 Å². The highest BCUT2D eigenvalue weighted by Gasteiger charge is 2.41. The molecule has 1 heterocycles. The maximum absolute atomic E-state index is 3.65. The van der Waals surface area contributed by atoms with Gasteiger partial charge >= 0.3 is 0 Å². The van der Waals surface area contributed by atoms with Gasteiger partial charge in [-0.15, -0.1) is 0 Å². The van der Waals surface area contributed by atoms with E-state index in [-0.39, 0.29) is 0 Å². The third-order valence-electron chi connectivity index (χ3n) is 3.26. The Kier molecular flexibility index (Phi) is 2.49. The molecule has 1 aromatic rings. The highest BCUT2D eigenvalue weighted by molar-refractivity contribution is 5.59. The van der Waals surface area contributed by atoms with Crippen LogP contribution in [0.15, 0.2) is 24.3 Å². The van der Waals surface area contributed by atoms with Gasteiger partial charge in [0.1, 0.15) is 0 Å². The second-order valence-corrected chi connectivity index (χ2v) is 4.09. The summed E-state index contributed by atoms with van der Waals surface area (Å²) in [7, 11) is 0. The van der Waals surface area contributed by atoms with Crippen molar-refractivity contribution < 1.29 is 0 Å². The van der Waals surface area contributed by atoms with Gasteiger partial charge in [0.2, 0.25) is 0 Å².